The number of nitrogens with two attached hydrogens (primary N) is 1. The molecule has 0 rings (SSSR count). The molecule has 0 aromatic rings. The minimum atomic E-state index is -0.145. The molecule has 2 nitrogen and oxygen atoms in total. The van der Waals surface area contributed by atoms with Gasteiger partial charge in [0.2, 0.25) is 0 Å². The highest BCUT2D eigenvalue weighted by Gasteiger charge is 1.96. The van der Waals surface area contributed by atoms with E-state index in [2.05, 4.69) is 0 Å². The maximum Gasteiger partial charge on any atom is 0.0512 e. The molecule has 0 aromatic heterocycles. The monoisotopic (exact) mass is 145 g/mol. The van der Waals surface area contributed by atoms with Crippen LogP contribution in [0.4, 0.5) is 0 Å². The van der Waals surface area contributed by atoms with Gasteiger partial charge in [-0.25, -0.2) is 0 Å². The summed E-state index contributed by atoms with van der Waals surface area (Å²) < 4.78 is 0. The predicted molar refractivity (Wildman–Crippen MR) is 43.8 cm³/mol. The summed E-state index contributed by atoms with van der Waals surface area (Å²) in [6, 6.07) is 0.314. The predicted octanol–water partition coefficient (Wildman–Crippen LogP) is 1.27. The lowest BCUT2D eigenvalue weighted by atomic mass is 10.1. The summed E-state index contributed by atoms with van der Waals surface area (Å²) in [5.74, 6) is 0. The quantitative estimate of drug-likeness (QED) is 0.572. The standard InChI is InChI=1S/C8H19NO/c1-7(9)5-3-4-6-8(2)10/h7-8,10H,3-6,9H2,1-2H3. The topological polar surface area (TPSA) is 46.2 Å². The van der Waals surface area contributed by atoms with Crippen molar-refractivity contribution in [1.82, 2.24) is 0 Å². The molecule has 2 heteroatoms. The third-order valence-electron chi connectivity index (χ3n) is 1.53. The van der Waals surface area contributed by atoms with Gasteiger partial charge in [-0.2, -0.15) is 0 Å². The molecule has 2 unspecified atom stereocenters. The minimum Gasteiger partial charge on any atom is -0.393 e. The summed E-state index contributed by atoms with van der Waals surface area (Å²) in [5, 5.41) is 8.89. The molecular weight excluding hydrogens is 126 g/mol. The second-order valence-electron chi connectivity index (χ2n) is 3.11. The van der Waals surface area contributed by atoms with Crippen molar-refractivity contribution in [3.63, 3.8) is 0 Å². The zero-order valence-corrected chi connectivity index (χ0v) is 7.01. The molecule has 0 aliphatic rings. The van der Waals surface area contributed by atoms with Crippen molar-refractivity contribution in [3.8, 4) is 0 Å². The van der Waals surface area contributed by atoms with Crippen LogP contribution in [0.2, 0.25) is 0 Å². The van der Waals surface area contributed by atoms with E-state index >= 15 is 0 Å². The van der Waals surface area contributed by atoms with Crippen molar-refractivity contribution >= 4 is 0 Å². The Kier molecular flexibility index (Phi) is 5.64. The van der Waals surface area contributed by atoms with E-state index in [1.165, 1.54) is 0 Å². The van der Waals surface area contributed by atoms with Crippen LogP contribution in [0.1, 0.15) is 39.5 Å². The number of hydrogen-bond donors (Lipinski definition) is 2. The van der Waals surface area contributed by atoms with E-state index in [0.717, 1.165) is 25.7 Å². The normalized spacial score (nSPS) is 16.8. The Morgan fingerprint density at radius 2 is 1.70 bits per heavy atom. The van der Waals surface area contributed by atoms with E-state index in [4.69, 9.17) is 10.8 Å². The highest BCUT2D eigenvalue weighted by Crippen LogP contribution is 2.04. The van der Waals surface area contributed by atoms with Crippen molar-refractivity contribution in [2.45, 2.75) is 51.7 Å². The van der Waals surface area contributed by atoms with Gasteiger partial charge in [-0.15, -0.1) is 0 Å². The molecule has 62 valence electrons. The summed E-state index contributed by atoms with van der Waals surface area (Å²) in [6.07, 6.45) is 4.08. The second-order valence-corrected chi connectivity index (χ2v) is 3.11. The fourth-order valence-corrected chi connectivity index (χ4v) is 0.906. The van der Waals surface area contributed by atoms with Gasteiger partial charge in [-0.1, -0.05) is 12.8 Å². The molecule has 0 aromatic carbocycles. The Balaban J connectivity index is 2.91. The van der Waals surface area contributed by atoms with E-state index < -0.39 is 0 Å². The molecule has 10 heavy (non-hydrogen) atoms. The van der Waals surface area contributed by atoms with E-state index in [1.54, 1.807) is 0 Å². The van der Waals surface area contributed by atoms with Crippen molar-refractivity contribution in [3.05, 3.63) is 0 Å². The molecular formula is C8H19NO. The highest BCUT2D eigenvalue weighted by molar-refractivity contribution is 4.54. The van der Waals surface area contributed by atoms with Gasteiger partial charge in [-0.05, 0) is 26.7 Å². The lowest BCUT2D eigenvalue weighted by Crippen LogP contribution is -2.14. The summed E-state index contributed by atoms with van der Waals surface area (Å²) in [5.41, 5.74) is 5.55. The molecule has 0 fully saturated rings. The van der Waals surface area contributed by atoms with Gasteiger partial charge in [0.25, 0.3) is 0 Å². The lowest BCUT2D eigenvalue weighted by molar-refractivity contribution is 0.180. The second kappa shape index (κ2) is 5.69. The Hall–Kier alpha value is -0.0800. The number of unbranched alkanes of at least 4 members (excludes halogenated alkanes) is 1. The fraction of sp³-hybridized carbons (Fsp3) is 1.00. The van der Waals surface area contributed by atoms with Crippen LogP contribution in [0.3, 0.4) is 0 Å². The molecule has 0 aliphatic carbocycles. The van der Waals surface area contributed by atoms with E-state index in [-0.39, 0.29) is 6.10 Å². The first-order chi connectivity index (χ1) is 4.63. The Morgan fingerprint density at radius 1 is 1.20 bits per heavy atom. The minimum absolute atomic E-state index is 0.145. The lowest BCUT2D eigenvalue weighted by Gasteiger charge is -2.05. The van der Waals surface area contributed by atoms with E-state index in [0.29, 0.717) is 6.04 Å². The first-order valence-electron chi connectivity index (χ1n) is 4.06. The number of hydrogen-bond acceptors (Lipinski definition) is 2. The molecule has 0 radical (unpaired) electrons. The van der Waals surface area contributed by atoms with Crippen LogP contribution in [0.15, 0.2) is 0 Å². The number of aliphatic hydroxyl groups is 1. The van der Waals surface area contributed by atoms with Gasteiger partial charge < -0.3 is 10.8 Å². The van der Waals surface area contributed by atoms with Crippen LogP contribution >= 0.6 is 0 Å². The van der Waals surface area contributed by atoms with Crippen molar-refractivity contribution in [1.29, 1.82) is 0 Å². The van der Waals surface area contributed by atoms with Crippen molar-refractivity contribution in [2.75, 3.05) is 0 Å². The first-order valence-corrected chi connectivity index (χ1v) is 4.06. The van der Waals surface area contributed by atoms with Crippen LogP contribution in [-0.2, 0) is 0 Å². The smallest absolute Gasteiger partial charge is 0.0512 e. The van der Waals surface area contributed by atoms with Crippen LogP contribution in [0.25, 0.3) is 0 Å². The summed E-state index contributed by atoms with van der Waals surface area (Å²) in [6.45, 7) is 3.84. The number of aliphatic hydroxyl groups excluding tert-OH is 1. The van der Waals surface area contributed by atoms with Gasteiger partial charge in [-0.3, -0.25) is 0 Å². The molecule has 0 saturated heterocycles. The Labute approximate surface area is 63.4 Å². The van der Waals surface area contributed by atoms with Crippen LogP contribution in [0, 0.1) is 0 Å². The van der Waals surface area contributed by atoms with Crippen molar-refractivity contribution < 1.29 is 5.11 Å². The molecule has 0 heterocycles. The number of rotatable bonds is 5. The average molecular weight is 145 g/mol. The summed E-state index contributed by atoms with van der Waals surface area (Å²) in [7, 11) is 0. The SMILES string of the molecule is CC(N)CCCCC(C)O. The van der Waals surface area contributed by atoms with Crippen molar-refractivity contribution in [2.24, 2.45) is 5.73 Å². The fourth-order valence-electron chi connectivity index (χ4n) is 0.906. The molecule has 2 atom stereocenters. The maximum absolute atomic E-state index is 8.89. The maximum atomic E-state index is 8.89. The van der Waals surface area contributed by atoms with E-state index in [1.807, 2.05) is 13.8 Å². The van der Waals surface area contributed by atoms with Gasteiger partial charge >= 0.3 is 0 Å². The third kappa shape index (κ3) is 7.92. The Morgan fingerprint density at radius 3 is 2.10 bits per heavy atom. The molecule has 0 aliphatic heterocycles. The summed E-state index contributed by atoms with van der Waals surface area (Å²) in [4.78, 5) is 0. The van der Waals surface area contributed by atoms with Gasteiger partial charge in [0.05, 0.1) is 6.10 Å². The van der Waals surface area contributed by atoms with Gasteiger partial charge in [0, 0.05) is 6.04 Å². The average Bonchev–Trinajstić information content (AvgIpc) is 1.79. The van der Waals surface area contributed by atoms with E-state index in [9.17, 15) is 0 Å². The molecule has 0 saturated carbocycles. The zero-order chi connectivity index (χ0) is 7.98. The third-order valence-corrected chi connectivity index (χ3v) is 1.53. The molecule has 0 amide bonds. The zero-order valence-electron chi connectivity index (χ0n) is 7.01. The van der Waals surface area contributed by atoms with Crippen LogP contribution in [-0.4, -0.2) is 17.3 Å². The Bertz CT molecular complexity index is 61.7. The largest absolute Gasteiger partial charge is 0.393 e. The molecule has 0 bridgehead atoms. The first kappa shape index (κ1) is 9.92. The van der Waals surface area contributed by atoms with Crippen LogP contribution < -0.4 is 5.73 Å². The highest BCUT2D eigenvalue weighted by atomic mass is 16.3. The van der Waals surface area contributed by atoms with Gasteiger partial charge in [0.1, 0.15) is 0 Å². The summed E-state index contributed by atoms with van der Waals surface area (Å²) >= 11 is 0. The van der Waals surface area contributed by atoms with Gasteiger partial charge in [0.15, 0.2) is 0 Å². The van der Waals surface area contributed by atoms with Crippen LogP contribution in [0.5, 0.6) is 0 Å². The molecule has 0 spiro atoms. The molecule has 3 N–H and O–H groups in total.